The van der Waals surface area contributed by atoms with E-state index in [9.17, 15) is 4.79 Å². The molecule has 3 aromatic rings. The SMILES string of the molecule is Cc1cccc(Cc2ccc3c(c2)NC(=O)c2ccccc2S3)c1.NC=O. The van der Waals surface area contributed by atoms with E-state index >= 15 is 0 Å². The highest BCUT2D eigenvalue weighted by Gasteiger charge is 2.19. The van der Waals surface area contributed by atoms with Gasteiger partial charge in [0.25, 0.3) is 5.91 Å². The predicted molar refractivity (Wildman–Crippen MR) is 109 cm³/mol. The van der Waals surface area contributed by atoms with Crippen molar-refractivity contribution in [2.75, 3.05) is 5.32 Å². The summed E-state index contributed by atoms with van der Waals surface area (Å²) in [7, 11) is 0. The number of primary amides is 1. The summed E-state index contributed by atoms with van der Waals surface area (Å²) in [6.45, 7) is 2.11. The number of hydrogen-bond acceptors (Lipinski definition) is 3. The monoisotopic (exact) mass is 376 g/mol. The second-order valence-corrected chi connectivity index (χ2v) is 7.27. The molecule has 2 amide bonds. The van der Waals surface area contributed by atoms with E-state index in [1.807, 2.05) is 24.3 Å². The van der Waals surface area contributed by atoms with E-state index in [0.29, 0.717) is 0 Å². The van der Waals surface area contributed by atoms with E-state index in [-0.39, 0.29) is 12.3 Å². The fourth-order valence-corrected chi connectivity index (χ4v) is 3.99. The molecule has 1 heterocycles. The molecule has 0 saturated carbocycles. The van der Waals surface area contributed by atoms with Crippen LogP contribution in [0.15, 0.2) is 76.5 Å². The Bertz CT molecular complexity index is 986. The summed E-state index contributed by atoms with van der Waals surface area (Å²) in [6.07, 6.45) is 1.11. The minimum absolute atomic E-state index is 0.0374. The van der Waals surface area contributed by atoms with Crippen LogP contribution >= 0.6 is 11.8 Å². The van der Waals surface area contributed by atoms with Crippen LogP contribution in [0.3, 0.4) is 0 Å². The molecule has 0 aliphatic carbocycles. The predicted octanol–water partition coefficient (Wildman–Crippen LogP) is 4.40. The lowest BCUT2D eigenvalue weighted by Crippen LogP contribution is -2.11. The van der Waals surface area contributed by atoms with E-state index in [0.717, 1.165) is 27.5 Å². The van der Waals surface area contributed by atoms with Gasteiger partial charge in [0, 0.05) is 9.79 Å². The maximum Gasteiger partial charge on any atom is 0.256 e. The van der Waals surface area contributed by atoms with Gasteiger partial charge in [0.1, 0.15) is 0 Å². The summed E-state index contributed by atoms with van der Waals surface area (Å²) in [5.41, 5.74) is 9.55. The average molecular weight is 376 g/mol. The van der Waals surface area contributed by atoms with Gasteiger partial charge in [0.05, 0.1) is 11.3 Å². The molecule has 0 spiro atoms. The first-order valence-electron chi connectivity index (χ1n) is 8.53. The van der Waals surface area contributed by atoms with Gasteiger partial charge < -0.3 is 11.1 Å². The molecule has 0 fully saturated rings. The summed E-state index contributed by atoms with van der Waals surface area (Å²) in [5.74, 6) is -0.0374. The lowest BCUT2D eigenvalue weighted by molar-refractivity contribution is -0.106. The Labute approximate surface area is 162 Å². The molecular weight excluding hydrogens is 356 g/mol. The number of hydrogen-bond donors (Lipinski definition) is 2. The van der Waals surface area contributed by atoms with Gasteiger partial charge in [-0.15, -0.1) is 0 Å². The van der Waals surface area contributed by atoms with Gasteiger partial charge >= 0.3 is 0 Å². The van der Waals surface area contributed by atoms with Gasteiger partial charge in [0.15, 0.2) is 0 Å². The summed E-state index contributed by atoms with van der Waals surface area (Å²) < 4.78 is 0. The molecule has 27 heavy (non-hydrogen) atoms. The number of benzene rings is 3. The number of carbonyl (C=O) groups is 2. The molecular formula is C22H20N2O2S. The van der Waals surface area contributed by atoms with Crippen LogP contribution in [0, 0.1) is 6.92 Å². The second kappa shape index (κ2) is 8.56. The van der Waals surface area contributed by atoms with Gasteiger partial charge in [-0.1, -0.05) is 59.8 Å². The highest BCUT2D eigenvalue weighted by atomic mass is 32.2. The first kappa shape index (κ1) is 18.7. The van der Waals surface area contributed by atoms with E-state index < -0.39 is 0 Å². The van der Waals surface area contributed by atoms with Crippen molar-refractivity contribution in [1.82, 2.24) is 0 Å². The zero-order chi connectivity index (χ0) is 19.2. The molecule has 136 valence electrons. The van der Waals surface area contributed by atoms with Crippen molar-refractivity contribution < 1.29 is 9.59 Å². The maximum atomic E-state index is 12.5. The van der Waals surface area contributed by atoms with Crippen molar-refractivity contribution in [2.24, 2.45) is 5.73 Å². The fraction of sp³-hybridized carbons (Fsp3) is 0.0909. The highest BCUT2D eigenvalue weighted by Crippen LogP contribution is 2.39. The fourth-order valence-electron chi connectivity index (χ4n) is 2.98. The van der Waals surface area contributed by atoms with Gasteiger partial charge in [-0.25, -0.2) is 0 Å². The van der Waals surface area contributed by atoms with Gasteiger partial charge in [-0.2, -0.15) is 0 Å². The van der Waals surface area contributed by atoms with Crippen molar-refractivity contribution in [3.05, 3.63) is 89.0 Å². The van der Waals surface area contributed by atoms with Crippen molar-refractivity contribution >= 4 is 29.8 Å². The van der Waals surface area contributed by atoms with Crippen molar-refractivity contribution in [2.45, 2.75) is 23.1 Å². The van der Waals surface area contributed by atoms with Crippen LogP contribution in [0.1, 0.15) is 27.0 Å². The number of nitrogens with two attached hydrogens (primary N) is 1. The molecule has 0 aromatic heterocycles. The Morgan fingerprint density at radius 3 is 2.48 bits per heavy atom. The number of fused-ring (bicyclic) bond motifs is 2. The molecule has 1 aliphatic heterocycles. The Balaban J connectivity index is 0.000000659. The number of anilines is 1. The topological polar surface area (TPSA) is 72.2 Å². The number of nitrogens with one attached hydrogen (secondary N) is 1. The van der Waals surface area contributed by atoms with E-state index in [4.69, 9.17) is 4.79 Å². The lowest BCUT2D eigenvalue weighted by Gasteiger charge is -2.09. The lowest BCUT2D eigenvalue weighted by atomic mass is 10.0. The highest BCUT2D eigenvalue weighted by molar-refractivity contribution is 7.99. The molecule has 1 aliphatic rings. The van der Waals surface area contributed by atoms with Gasteiger partial charge in [0.2, 0.25) is 6.41 Å². The largest absolute Gasteiger partial charge is 0.372 e. The minimum atomic E-state index is -0.0374. The van der Waals surface area contributed by atoms with Crippen LogP contribution in [0.5, 0.6) is 0 Å². The third kappa shape index (κ3) is 4.57. The van der Waals surface area contributed by atoms with Crippen LogP contribution in [-0.4, -0.2) is 12.3 Å². The average Bonchev–Trinajstić information content (AvgIpc) is 2.78. The van der Waals surface area contributed by atoms with Crippen LogP contribution < -0.4 is 11.1 Å². The summed E-state index contributed by atoms with van der Waals surface area (Å²) in [6, 6.07) is 22.6. The van der Waals surface area contributed by atoms with Crippen molar-refractivity contribution in [1.29, 1.82) is 0 Å². The summed E-state index contributed by atoms with van der Waals surface area (Å²) >= 11 is 1.64. The molecule has 0 atom stereocenters. The van der Waals surface area contributed by atoms with E-state index in [1.165, 1.54) is 16.7 Å². The third-order valence-corrected chi connectivity index (χ3v) is 5.29. The maximum absolute atomic E-state index is 12.5. The van der Waals surface area contributed by atoms with Crippen LogP contribution in [0.2, 0.25) is 0 Å². The molecule has 0 unspecified atom stereocenters. The Hall–Kier alpha value is -3.05. The molecule has 4 rings (SSSR count). The molecule has 0 bridgehead atoms. The second-order valence-electron chi connectivity index (χ2n) is 6.18. The molecule has 4 nitrogen and oxygen atoms in total. The zero-order valence-electron chi connectivity index (χ0n) is 14.9. The van der Waals surface area contributed by atoms with E-state index in [1.54, 1.807) is 11.8 Å². The van der Waals surface area contributed by atoms with Crippen molar-refractivity contribution in [3.8, 4) is 0 Å². The molecule has 0 radical (unpaired) electrons. The van der Waals surface area contributed by atoms with Crippen molar-refractivity contribution in [3.63, 3.8) is 0 Å². The zero-order valence-corrected chi connectivity index (χ0v) is 15.8. The first-order chi connectivity index (χ1) is 13.1. The van der Waals surface area contributed by atoms with Gasteiger partial charge in [-0.3, -0.25) is 9.59 Å². The normalized spacial score (nSPS) is 11.8. The number of aryl methyl sites for hydroxylation is 1. The minimum Gasteiger partial charge on any atom is -0.372 e. The quantitative estimate of drug-likeness (QED) is 0.651. The number of rotatable bonds is 2. The number of carbonyl (C=O) groups excluding carboxylic acids is 2. The molecule has 5 heteroatoms. The van der Waals surface area contributed by atoms with Crippen LogP contribution in [-0.2, 0) is 11.2 Å². The number of amides is 2. The molecule has 3 N–H and O–H groups in total. The molecule has 0 saturated heterocycles. The van der Waals surface area contributed by atoms with Gasteiger partial charge in [-0.05, 0) is 48.7 Å². The van der Waals surface area contributed by atoms with Crippen LogP contribution in [0.4, 0.5) is 5.69 Å². The first-order valence-corrected chi connectivity index (χ1v) is 9.34. The molecule has 3 aromatic carbocycles. The Morgan fingerprint density at radius 2 is 1.70 bits per heavy atom. The third-order valence-electron chi connectivity index (χ3n) is 4.13. The Kier molecular flexibility index (Phi) is 5.94. The summed E-state index contributed by atoms with van der Waals surface area (Å²) in [4.78, 5) is 23.1. The Morgan fingerprint density at radius 1 is 0.963 bits per heavy atom. The summed E-state index contributed by atoms with van der Waals surface area (Å²) in [5, 5.41) is 3.06. The van der Waals surface area contributed by atoms with Crippen LogP contribution in [0.25, 0.3) is 0 Å². The smallest absolute Gasteiger partial charge is 0.256 e. The standard InChI is InChI=1S/C21H17NOS.CH3NO/c1-14-5-4-6-15(11-14)12-16-9-10-20-18(13-16)22-21(23)17-7-2-3-8-19(17)24-20;2-1-3/h2-11,13H,12H2,1H3,(H,22,23);1H,(H2,2,3). The van der Waals surface area contributed by atoms with E-state index in [2.05, 4.69) is 60.4 Å².